The summed E-state index contributed by atoms with van der Waals surface area (Å²) in [7, 11) is 3.56. The molecule has 1 unspecified atom stereocenters. The zero-order valence-corrected chi connectivity index (χ0v) is 13.4. The lowest BCUT2D eigenvalue weighted by Gasteiger charge is -2.33. The fourth-order valence-electron chi connectivity index (χ4n) is 2.82. The fraction of sp³-hybridized carbons (Fsp3) is 0.588. The van der Waals surface area contributed by atoms with Crippen LogP contribution in [0.15, 0.2) is 29.3 Å². The summed E-state index contributed by atoms with van der Waals surface area (Å²) in [5.74, 6) is 2.71. The van der Waals surface area contributed by atoms with Gasteiger partial charge in [-0.1, -0.05) is 19.1 Å². The molecule has 4 heteroatoms. The Bertz CT molecular complexity index is 456. The molecule has 0 aromatic heterocycles. The maximum absolute atomic E-state index is 5.18. The van der Waals surface area contributed by atoms with E-state index in [1.807, 2.05) is 19.2 Å². The number of likely N-dealkylation sites (tertiary alicyclic amines) is 1. The standard InChI is InChI=1S/C17H27N3O/c1-14-5-4-12-20(13-14)17(18-2)19-11-10-15-6-8-16(21-3)9-7-15/h6-9,14H,4-5,10-13H2,1-3H3,(H,18,19). The van der Waals surface area contributed by atoms with Gasteiger partial charge in [-0.05, 0) is 42.9 Å². The summed E-state index contributed by atoms with van der Waals surface area (Å²) in [6, 6.07) is 8.26. The summed E-state index contributed by atoms with van der Waals surface area (Å²) in [5.41, 5.74) is 1.31. The van der Waals surface area contributed by atoms with Gasteiger partial charge in [-0.15, -0.1) is 0 Å². The first-order chi connectivity index (χ1) is 10.2. The molecule has 1 heterocycles. The summed E-state index contributed by atoms with van der Waals surface area (Å²) in [6.07, 6.45) is 3.59. The zero-order chi connectivity index (χ0) is 15.1. The van der Waals surface area contributed by atoms with Gasteiger partial charge in [0.15, 0.2) is 5.96 Å². The molecule has 0 bridgehead atoms. The van der Waals surface area contributed by atoms with Crippen molar-refractivity contribution in [1.82, 2.24) is 10.2 Å². The van der Waals surface area contributed by atoms with Crippen molar-refractivity contribution >= 4 is 5.96 Å². The highest BCUT2D eigenvalue weighted by atomic mass is 16.5. The third-order valence-corrected chi connectivity index (χ3v) is 4.02. The molecule has 4 nitrogen and oxygen atoms in total. The first kappa shape index (κ1) is 15.7. The second-order valence-corrected chi connectivity index (χ2v) is 5.77. The first-order valence-electron chi connectivity index (χ1n) is 7.81. The van der Waals surface area contributed by atoms with Crippen molar-refractivity contribution in [3.63, 3.8) is 0 Å². The SMILES string of the molecule is CN=C(NCCc1ccc(OC)cc1)N1CCCC(C)C1. The van der Waals surface area contributed by atoms with E-state index < -0.39 is 0 Å². The van der Waals surface area contributed by atoms with Crippen LogP contribution in [0.25, 0.3) is 0 Å². The Hall–Kier alpha value is -1.71. The number of benzene rings is 1. The Morgan fingerprint density at radius 1 is 1.38 bits per heavy atom. The molecule has 2 rings (SSSR count). The average molecular weight is 289 g/mol. The van der Waals surface area contributed by atoms with Crippen LogP contribution < -0.4 is 10.1 Å². The van der Waals surface area contributed by atoms with E-state index >= 15 is 0 Å². The van der Waals surface area contributed by atoms with E-state index in [9.17, 15) is 0 Å². The summed E-state index contributed by atoms with van der Waals surface area (Å²) < 4.78 is 5.18. The van der Waals surface area contributed by atoms with E-state index in [-0.39, 0.29) is 0 Å². The smallest absolute Gasteiger partial charge is 0.193 e. The van der Waals surface area contributed by atoms with Crippen molar-refractivity contribution in [1.29, 1.82) is 0 Å². The Balaban J connectivity index is 1.80. The predicted octanol–water partition coefficient (Wildman–Crippen LogP) is 2.55. The zero-order valence-electron chi connectivity index (χ0n) is 13.4. The van der Waals surface area contributed by atoms with E-state index in [1.165, 1.54) is 18.4 Å². The van der Waals surface area contributed by atoms with Gasteiger partial charge < -0.3 is 15.0 Å². The Morgan fingerprint density at radius 2 is 2.14 bits per heavy atom. The lowest BCUT2D eigenvalue weighted by molar-refractivity contribution is 0.266. The highest BCUT2D eigenvalue weighted by Crippen LogP contribution is 2.15. The number of hydrogen-bond donors (Lipinski definition) is 1. The molecule has 21 heavy (non-hydrogen) atoms. The molecule has 1 fully saturated rings. The number of rotatable bonds is 4. The quantitative estimate of drug-likeness (QED) is 0.683. The van der Waals surface area contributed by atoms with Gasteiger partial charge >= 0.3 is 0 Å². The van der Waals surface area contributed by atoms with Crippen molar-refractivity contribution in [2.24, 2.45) is 10.9 Å². The molecule has 1 aromatic carbocycles. The number of methoxy groups -OCH3 is 1. The molecular weight excluding hydrogens is 262 g/mol. The Morgan fingerprint density at radius 3 is 2.76 bits per heavy atom. The molecule has 0 amide bonds. The largest absolute Gasteiger partial charge is 0.497 e. The molecule has 1 aliphatic rings. The van der Waals surface area contributed by atoms with Crippen LogP contribution >= 0.6 is 0 Å². The molecule has 0 radical (unpaired) electrons. The van der Waals surface area contributed by atoms with Gasteiger partial charge in [-0.3, -0.25) is 4.99 Å². The van der Waals surface area contributed by atoms with Crippen molar-refractivity contribution < 1.29 is 4.74 Å². The molecule has 1 aliphatic heterocycles. The van der Waals surface area contributed by atoms with Crippen molar-refractivity contribution in [2.75, 3.05) is 33.8 Å². The van der Waals surface area contributed by atoms with Crippen LogP contribution in [0, 0.1) is 5.92 Å². The van der Waals surface area contributed by atoms with E-state index in [0.717, 1.165) is 43.7 Å². The summed E-state index contributed by atoms with van der Waals surface area (Å²) in [5, 5.41) is 3.48. The van der Waals surface area contributed by atoms with Gasteiger partial charge in [0.1, 0.15) is 5.75 Å². The van der Waals surface area contributed by atoms with Gasteiger partial charge in [0, 0.05) is 26.7 Å². The van der Waals surface area contributed by atoms with Crippen LogP contribution in [-0.2, 0) is 6.42 Å². The lowest BCUT2D eigenvalue weighted by atomic mass is 10.0. The van der Waals surface area contributed by atoms with Crippen molar-refractivity contribution in [3.05, 3.63) is 29.8 Å². The third-order valence-electron chi connectivity index (χ3n) is 4.02. The number of nitrogens with one attached hydrogen (secondary N) is 1. The topological polar surface area (TPSA) is 36.9 Å². The van der Waals surface area contributed by atoms with E-state index in [0.29, 0.717) is 0 Å². The van der Waals surface area contributed by atoms with Gasteiger partial charge in [-0.2, -0.15) is 0 Å². The van der Waals surface area contributed by atoms with Crippen LogP contribution in [0.4, 0.5) is 0 Å². The summed E-state index contributed by atoms with van der Waals surface area (Å²) in [4.78, 5) is 6.79. The molecule has 1 saturated heterocycles. The molecule has 116 valence electrons. The minimum absolute atomic E-state index is 0.763. The van der Waals surface area contributed by atoms with E-state index in [2.05, 4.69) is 34.3 Å². The van der Waals surface area contributed by atoms with Gasteiger partial charge in [0.2, 0.25) is 0 Å². The van der Waals surface area contributed by atoms with Gasteiger partial charge in [-0.25, -0.2) is 0 Å². The van der Waals surface area contributed by atoms with Crippen LogP contribution in [-0.4, -0.2) is 44.7 Å². The average Bonchev–Trinajstić information content (AvgIpc) is 2.52. The molecule has 0 saturated carbocycles. The second-order valence-electron chi connectivity index (χ2n) is 5.77. The van der Waals surface area contributed by atoms with Crippen LogP contribution in [0.5, 0.6) is 5.75 Å². The highest BCUT2D eigenvalue weighted by molar-refractivity contribution is 5.79. The monoisotopic (exact) mass is 289 g/mol. The van der Waals surface area contributed by atoms with Crippen LogP contribution in [0.3, 0.4) is 0 Å². The number of hydrogen-bond acceptors (Lipinski definition) is 2. The molecule has 1 aromatic rings. The fourth-order valence-corrected chi connectivity index (χ4v) is 2.82. The molecule has 1 N–H and O–H groups in total. The van der Waals surface area contributed by atoms with Crippen LogP contribution in [0.1, 0.15) is 25.3 Å². The maximum Gasteiger partial charge on any atom is 0.193 e. The molecular formula is C17H27N3O. The second kappa shape index (κ2) is 7.91. The first-order valence-corrected chi connectivity index (χ1v) is 7.81. The predicted molar refractivity (Wildman–Crippen MR) is 88.0 cm³/mol. The number of piperidine rings is 1. The number of aliphatic imine (C=N–C) groups is 1. The van der Waals surface area contributed by atoms with Gasteiger partial charge in [0.25, 0.3) is 0 Å². The van der Waals surface area contributed by atoms with E-state index in [1.54, 1.807) is 7.11 Å². The van der Waals surface area contributed by atoms with Gasteiger partial charge in [0.05, 0.1) is 7.11 Å². The lowest BCUT2D eigenvalue weighted by Crippen LogP contribution is -2.46. The molecule has 0 spiro atoms. The molecule has 1 atom stereocenters. The van der Waals surface area contributed by atoms with Crippen molar-refractivity contribution in [2.45, 2.75) is 26.2 Å². The normalized spacial score (nSPS) is 19.5. The number of nitrogens with zero attached hydrogens (tertiary/aromatic N) is 2. The van der Waals surface area contributed by atoms with Crippen LogP contribution in [0.2, 0.25) is 0 Å². The number of guanidine groups is 1. The maximum atomic E-state index is 5.18. The molecule has 0 aliphatic carbocycles. The minimum atomic E-state index is 0.763. The van der Waals surface area contributed by atoms with Crippen molar-refractivity contribution in [3.8, 4) is 5.75 Å². The summed E-state index contributed by atoms with van der Waals surface area (Å²) >= 11 is 0. The minimum Gasteiger partial charge on any atom is -0.497 e. The summed E-state index contributed by atoms with van der Waals surface area (Å²) in [6.45, 7) is 5.45. The highest BCUT2D eigenvalue weighted by Gasteiger charge is 2.18. The number of ether oxygens (including phenoxy) is 1. The van der Waals surface area contributed by atoms with E-state index in [4.69, 9.17) is 4.74 Å². The Kier molecular flexibility index (Phi) is 5.90. The Labute approximate surface area is 128 Å². The third kappa shape index (κ3) is 4.66.